The number of carbonyl (C=O) groups is 2. The first kappa shape index (κ1) is 20.6. The zero-order chi connectivity index (χ0) is 19.4. The molecule has 26 heavy (non-hydrogen) atoms. The first-order chi connectivity index (χ1) is 12.3. The number of benzene rings is 1. The van der Waals surface area contributed by atoms with E-state index in [1.165, 1.54) is 4.90 Å². The van der Waals surface area contributed by atoms with Crippen molar-refractivity contribution in [2.75, 3.05) is 33.8 Å². The molecule has 1 aliphatic rings. The Bertz CT molecular complexity index is 736. The third-order valence-electron chi connectivity index (χ3n) is 4.32. The number of halogens is 2. The van der Waals surface area contributed by atoms with Gasteiger partial charge in [0.15, 0.2) is 0 Å². The molecule has 0 radical (unpaired) electrons. The van der Waals surface area contributed by atoms with Crippen LogP contribution in [0.3, 0.4) is 0 Å². The molecule has 0 fully saturated rings. The van der Waals surface area contributed by atoms with Crippen molar-refractivity contribution in [3.63, 3.8) is 0 Å². The molecular formula is C18H23Cl2N3O3. The first-order valence-electron chi connectivity index (χ1n) is 8.38. The largest absolute Gasteiger partial charge is 0.463 e. The number of esters is 1. The van der Waals surface area contributed by atoms with Crippen LogP contribution in [-0.2, 0) is 9.53 Å². The minimum absolute atomic E-state index is 0.229. The predicted molar refractivity (Wildman–Crippen MR) is 102 cm³/mol. The first-order valence-corrected chi connectivity index (χ1v) is 9.14. The third kappa shape index (κ3) is 4.14. The summed E-state index contributed by atoms with van der Waals surface area (Å²) >= 11 is 12.5. The predicted octanol–water partition coefficient (Wildman–Crippen LogP) is 3.46. The zero-order valence-corrected chi connectivity index (χ0v) is 16.8. The Kier molecular flexibility index (Phi) is 6.92. The van der Waals surface area contributed by atoms with Crippen molar-refractivity contribution in [1.82, 2.24) is 15.1 Å². The fraction of sp³-hybridized carbons (Fsp3) is 0.444. The van der Waals surface area contributed by atoms with E-state index in [9.17, 15) is 9.59 Å². The van der Waals surface area contributed by atoms with Crippen molar-refractivity contribution in [2.24, 2.45) is 0 Å². The fourth-order valence-corrected chi connectivity index (χ4v) is 3.16. The van der Waals surface area contributed by atoms with Crippen molar-refractivity contribution in [3.05, 3.63) is 45.1 Å². The molecule has 0 aromatic heterocycles. The van der Waals surface area contributed by atoms with Gasteiger partial charge in [0.25, 0.3) is 0 Å². The lowest BCUT2D eigenvalue weighted by molar-refractivity contribution is -0.139. The summed E-state index contributed by atoms with van der Waals surface area (Å²) in [7, 11) is 3.54. The van der Waals surface area contributed by atoms with Gasteiger partial charge in [-0.15, -0.1) is 0 Å². The van der Waals surface area contributed by atoms with Crippen LogP contribution in [0.1, 0.15) is 25.5 Å². The fourth-order valence-electron chi connectivity index (χ4n) is 2.74. The Morgan fingerprint density at radius 1 is 1.35 bits per heavy atom. The van der Waals surface area contributed by atoms with Crippen LogP contribution < -0.4 is 5.32 Å². The van der Waals surface area contributed by atoms with Gasteiger partial charge in [-0.25, -0.2) is 9.59 Å². The third-order valence-corrected chi connectivity index (χ3v) is 5.16. The average molecular weight is 400 g/mol. The molecule has 1 aliphatic heterocycles. The molecule has 142 valence electrons. The molecular weight excluding hydrogens is 377 g/mol. The molecule has 1 aromatic carbocycles. The molecule has 0 saturated heterocycles. The Labute approximate surface area is 163 Å². The van der Waals surface area contributed by atoms with Gasteiger partial charge in [-0.1, -0.05) is 42.3 Å². The maximum absolute atomic E-state index is 12.8. The highest BCUT2D eigenvalue weighted by atomic mass is 35.5. The van der Waals surface area contributed by atoms with Crippen molar-refractivity contribution in [1.29, 1.82) is 0 Å². The second kappa shape index (κ2) is 8.75. The van der Waals surface area contributed by atoms with Gasteiger partial charge in [-0.05, 0) is 32.1 Å². The zero-order valence-electron chi connectivity index (χ0n) is 15.3. The van der Waals surface area contributed by atoms with Crippen molar-refractivity contribution in [2.45, 2.75) is 19.9 Å². The summed E-state index contributed by atoms with van der Waals surface area (Å²) in [6.45, 7) is 5.15. The molecule has 0 bridgehead atoms. The Balaban J connectivity index is 2.65. The molecule has 2 rings (SSSR count). The van der Waals surface area contributed by atoms with Gasteiger partial charge in [0.1, 0.15) is 0 Å². The number of nitrogens with one attached hydrogen (secondary N) is 1. The summed E-state index contributed by atoms with van der Waals surface area (Å²) in [4.78, 5) is 28.7. The van der Waals surface area contributed by atoms with Gasteiger partial charge < -0.3 is 15.0 Å². The molecule has 6 nitrogen and oxygen atoms in total. The van der Waals surface area contributed by atoms with Gasteiger partial charge in [-0.2, -0.15) is 0 Å². The van der Waals surface area contributed by atoms with E-state index < -0.39 is 12.0 Å². The summed E-state index contributed by atoms with van der Waals surface area (Å²) in [6, 6.07) is 4.08. The molecule has 1 atom stereocenters. The molecule has 0 saturated carbocycles. The summed E-state index contributed by atoms with van der Waals surface area (Å²) < 4.78 is 5.26. The minimum atomic E-state index is -0.732. The lowest BCUT2D eigenvalue weighted by atomic mass is 9.94. The molecule has 0 spiro atoms. The second-order valence-corrected chi connectivity index (χ2v) is 6.78. The maximum Gasteiger partial charge on any atom is 0.338 e. The number of likely N-dealkylation sites (N-methyl/N-ethyl adjacent to an activating group) is 2. The van der Waals surface area contributed by atoms with Crippen molar-refractivity contribution < 1.29 is 14.3 Å². The summed E-state index contributed by atoms with van der Waals surface area (Å²) in [5.41, 5.74) is 1.50. The number of ether oxygens (including phenoxy) is 1. The van der Waals surface area contributed by atoms with Gasteiger partial charge in [0, 0.05) is 19.3 Å². The lowest BCUT2D eigenvalue weighted by Crippen LogP contribution is -2.49. The van der Waals surface area contributed by atoms with E-state index in [0.29, 0.717) is 33.4 Å². The van der Waals surface area contributed by atoms with E-state index in [4.69, 9.17) is 27.9 Å². The highest BCUT2D eigenvalue weighted by Crippen LogP contribution is 2.37. The SMILES string of the molecule is CCOC(=O)C1=C(CN(C)CC)N(C)C(=O)NC1c1cccc(Cl)c1Cl. The quantitative estimate of drug-likeness (QED) is 0.743. The van der Waals surface area contributed by atoms with E-state index in [0.717, 1.165) is 6.54 Å². The van der Waals surface area contributed by atoms with E-state index in [2.05, 4.69) is 5.32 Å². The van der Waals surface area contributed by atoms with Crippen LogP contribution in [0.4, 0.5) is 4.79 Å². The molecule has 1 N–H and O–H groups in total. The molecule has 2 amide bonds. The van der Waals surface area contributed by atoms with E-state index in [-0.39, 0.29) is 12.6 Å². The molecule has 1 unspecified atom stereocenters. The number of hydrogen-bond acceptors (Lipinski definition) is 4. The second-order valence-electron chi connectivity index (χ2n) is 6.00. The number of hydrogen-bond donors (Lipinski definition) is 1. The maximum atomic E-state index is 12.8. The lowest BCUT2D eigenvalue weighted by Gasteiger charge is -2.36. The Morgan fingerprint density at radius 2 is 2.04 bits per heavy atom. The van der Waals surface area contributed by atoms with Gasteiger partial charge >= 0.3 is 12.0 Å². The number of nitrogens with zero attached hydrogens (tertiary/aromatic N) is 2. The van der Waals surface area contributed by atoms with E-state index in [1.807, 2.05) is 18.9 Å². The van der Waals surface area contributed by atoms with E-state index >= 15 is 0 Å². The molecule has 1 aromatic rings. The van der Waals surface area contributed by atoms with Crippen LogP contribution >= 0.6 is 23.2 Å². The molecule has 0 aliphatic carbocycles. The van der Waals surface area contributed by atoms with E-state index in [1.54, 1.807) is 32.2 Å². The molecule has 1 heterocycles. The summed E-state index contributed by atoms with van der Waals surface area (Å²) in [6.07, 6.45) is 0. The Morgan fingerprint density at radius 3 is 2.65 bits per heavy atom. The number of carbonyl (C=O) groups excluding carboxylic acids is 2. The number of urea groups is 1. The van der Waals surface area contributed by atoms with Gasteiger partial charge in [0.05, 0.1) is 28.3 Å². The van der Waals surface area contributed by atoms with Crippen molar-refractivity contribution in [3.8, 4) is 0 Å². The van der Waals surface area contributed by atoms with Crippen LogP contribution in [0.2, 0.25) is 10.0 Å². The van der Waals surface area contributed by atoms with Crippen LogP contribution in [-0.4, -0.2) is 55.6 Å². The van der Waals surface area contributed by atoms with Crippen LogP contribution in [0.15, 0.2) is 29.5 Å². The highest BCUT2D eigenvalue weighted by molar-refractivity contribution is 6.42. The smallest absolute Gasteiger partial charge is 0.338 e. The van der Waals surface area contributed by atoms with Crippen LogP contribution in [0.5, 0.6) is 0 Å². The number of rotatable bonds is 6. The summed E-state index contributed by atoms with van der Waals surface area (Å²) in [5.74, 6) is -0.486. The highest BCUT2D eigenvalue weighted by Gasteiger charge is 2.38. The number of amides is 2. The monoisotopic (exact) mass is 399 g/mol. The summed E-state index contributed by atoms with van der Waals surface area (Å²) in [5, 5.41) is 3.48. The van der Waals surface area contributed by atoms with Gasteiger partial charge in [0.2, 0.25) is 0 Å². The van der Waals surface area contributed by atoms with Crippen molar-refractivity contribution >= 4 is 35.2 Å². The minimum Gasteiger partial charge on any atom is -0.463 e. The Hall–Kier alpha value is -1.76. The standard InChI is InChI=1S/C18H23Cl2N3O3/c1-5-22(3)10-13-14(17(24)26-6-2)16(21-18(25)23(13)4)11-8-7-9-12(19)15(11)20/h7-9,16H,5-6,10H2,1-4H3,(H,21,25). The molecule has 8 heteroatoms. The van der Waals surface area contributed by atoms with Gasteiger partial charge in [-0.3, -0.25) is 4.90 Å². The van der Waals surface area contributed by atoms with Crippen LogP contribution in [0, 0.1) is 0 Å². The average Bonchev–Trinajstić information content (AvgIpc) is 2.61. The topological polar surface area (TPSA) is 61.9 Å². The van der Waals surface area contributed by atoms with Crippen LogP contribution in [0.25, 0.3) is 0 Å². The normalized spacial score (nSPS) is 17.6.